The summed E-state index contributed by atoms with van der Waals surface area (Å²) in [5, 5.41) is 3.76. The van der Waals surface area contributed by atoms with E-state index in [-0.39, 0.29) is 6.03 Å². The molecule has 5 nitrogen and oxygen atoms in total. The summed E-state index contributed by atoms with van der Waals surface area (Å²) in [4.78, 5) is 16.8. The molecule has 1 aliphatic heterocycles. The highest BCUT2D eigenvalue weighted by Gasteiger charge is 2.24. The predicted molar refractivity (Wildman–Crippen MR) is 111 cm³/mol. The van der Waals surface area contributed by atoms with Crippen LogP contribution in [0.3, 0.4) is 0 Å². The Morgan fingerprint density at radius 2 is 1.67 bits per heavy atom. The molecule has 0 aromatic heterocycles. The number of aryl methyl sites for hydroxylation is 3. The third-order valence-corrected chi connectivity index (χ3v) is 5.49. The first-order chi connectivity index (χ1) is 12.9. The van der Waals surface area contributed by atoms with Crippen molar-refractivity contribution in [2.75, 3.05) is 43.5 Å². The second kappa shape index (κ2) is 8.09. The number of rotatable bonds is 3. The van der Waals surface area contributed by atoms with Crippen molar-refractivity contribution in [3.63, 3.8) is 0 Å². The van der Waals surface area contributed by atoms with E-state index in [9.17, 15) is 4.79 Å². The molecule has 2 aromatic rings. The highest BCUT2D eigenvalue weighted by atomic mass is 35.5. The van der Waals surface area contributed by atoms with Crippen LogP contribution >= 0.6 is 11.6 Å². The standard InChI is InChI=1S/C21H26ClN3O2/c1-14-6-5-7-15(2)20(14)23-21(26)25-10-8-24(9-11-25)18-12-16(3)17(22)13-19(18)27-4/h5-7,12-13H,8-11H2,1-4H3,(H,23,26). The van der Waals surface area contributed by atoms with Crippen molar-refractivity contribution in [1.29, 1.82) is 0 Å². The van der Waals surface area contributed by atoms with E-state index >= 15 is 0 Å². The van der Waals surface area contributed by atoms with Crippen LogP contribution in [0.1, 0.15) is 16.7 Å². The van der Waals surface area contributed by atoms with Gasteiger partial charge in [0.1, 0.15) is 5.75 Å². The van der Waals surface area contributed by atoms with Crippen molar-refractivity contribution in [1.82, 2.24) is 4.90 Å². The maximum atomic E-state index is 12.7. The molecule has 0 saturated carbocycles. The van der Waals surface area contributed by atoms with E-state index < -0.39 is 0 Å². The van der Waals surface area contributed by atoms with Crippen LogP contribution in [0, 0.1) is 20.8 Å². The Bertz CT molecular complexity index is 825. The Hall–Kier alpha value is -2.40. The fourth-order valence-electron chi connectivity index (χ4n) is 3.41. The van der Waals surface area contributed by atoms with Crippen LogP contribution in [0.25, 0.3) is 0 Å². The van der Waals surface area contributed by atoms with Gasteiger partial charge in [-0.1, -0.05) is 29.8 Å². The molecule has 0 spiro atoms. The number of para-hydroxylation sites is 1. The molecule has 27 heavy (non-hydrogen) atoms. The number of hydrogen-bond acceptors (Lipinski definition) is 3. The highest BCUT2D eigenvalue weighted by molar-refractivity contribution is 6.31. The zero-order valence-corrected chi connectivity index (χ0v) is 17.1. The van der Waals surface area contributed by atoms with Gasteiger partial charge in [0.15, 0.2) is 0 Å². The molecule has 6 heteroatoms. The number of ether oxygens (including phenoxy) is 1. The molecule has 2 amide bonds. The number of anilines is 2. The number of piperazine rings is 1. The van der Waals surface area contributed by atoms with Gasteiger partial charge in [-0.25, -0.2) is 4.79 Å². The van der Waals surface area contributed by atoms with Gasteiger partial charge >= 0.3 is 6.03 Å². The largest absolute Gasteiger partial charge is 0.495 e. The lowest BCUT2D eigenvalue weighted by Crippen LogP contribution is -2.50. The Morgan fingerprint density at radius 1 is 1.04 bits per heavy atom. The zero-order valence-electron chi connectivity index (χ0n) is 16.3. The second-order valence-corrected chi connectivity index (χ2v) is 7.35. The number of halogens is 1. The van der Waals surface area contributed by atoms with Gasteiger partial charge in [0, 0.05) is 43.0 Å². The van der Waals surface area contributed by atoms with E-state index in [1.807, 2.05) is 56.0 Å². The molecule has 2 aromatic carbocycles. The van der Waals surface area contributed by atoms with Gasteiger partial charge in [0.25, 0.3) is 0 Å². The molecule has 0 radical (unpaired) electrons. The summed E-state index contributed by atoms with van der Waals surface area (Å²) < 4.78 is 5.50. The fourth-order valence-corrected chi connectivity index (χ4v) is 3.56. The van der Waals surface area contributed by atoms with Gasteiger partial charge in [0.2, 0.25) is 0 Å². The van der Waals surface area contributed by atoms with Crippen LogP contribution in [0.4, 0.5) is 16.2 Å². The Kier molecular flexibility index (Phi) is 5.80. The lowest BCUT2D eigenvalue weighted by atomic mass is 10.1. The number of methoxy groups -OCH3 is 1. The average Bonchev–Trinajstić information content (AvgIpc) is 2.66. The molecular formula is C21H26ClN3O2. The minimum Gasteiger partial charge on any atom is -0.495 e. The smallest absolute Gasteiger partial charge is 0.321 e. The lowest BCUT2D eigenvalue weighted by molar-refractivity contribution is 0.208. The summed E-state index contributed by atoms with van der Waals surface area (Å²) in [5.41, 5.74) is 5.09. The molecule has 0 aliphatic carbocycles. The van der Waals surface area contributed by atoms with Crippen molar-refractivity contribution in [2.45, 2.75) is 20.8 Å². The van der Waals surface area contributed by atoms with Crippen LogP contribution in [-0.2, 0) is 0 Å². The molecule has 144 valence electrons. The molecular weight excluding hydrogens is 362 g/mol. The number of nitrogens with one attached hydrogen (secondary N) is 1. The number of carbonyl (C=O) groups is 1. The summed E-state index contributed by atoms with van der Waals surface area (Å²) in [6.07, 6.45) is 0. The third-order valence-electron chi connectivity index (χ3n) is 5.08. The van der Waals surface area contributed by atoms with E-state index in [2.05, 4.69) is 10.2 Å². The van der Waals surface area contributed by atoms with Gasteiger partial charge < -0.3 is 19.9 Å². The molecule has 1 heterocycles. The molecule has 3 rings (SSSR count). The quantitative estimate of drug-likeness (QED) is 0.835. The Morgan fingerprint density at radius 3 is 2.26 bits per heavy atom. The number of carbonyl (C=O) groups excluding carboxylic acids is 1. The number of benzene rings is 2. The van der Waals surface area contributed by atoms with Crippen LogP contribution in [-0.4, -0.2) is 44.2 Å². The maximum Gasteiger partial charge on any atom is 0.321 e. The minimum atomic E-state index is -0.0497. The van der Waals surface area contributed by atoms with Gasteiger partial charge in [-0.3, -0.25) is 0 Å². The molecule has 1 aliphatic rings. The molecule has 1 N–H and O–H groups in total. The van der Waals surface area contributed by atoms with E-state index in [0.29, 0.717) is 18.1 Å². The van der Waals surface area contributed by atoms with E-state index in [1.54, 1.807) is 7.11 Å². The monoisotopic (exact) mass is 387 g/mol. The second-order valence-electron chi connectivity index (χ2n) is 6.94. The molecule has 0 unspecified atom stereocenters. The van der Waals surface area contributed by atoms with Crippen molar-refractivity contribution in [2.24, 2.45) is 0 Å². The SMILES string of the molecule is COc1cc(Cl)c(C)cc1N1CCN(C(=O)Nc2c(C)cccc2C)CC1. The van der Waals surface area contributed by atoms with Crippen molar-refractivity contribution in [3.8, 4) is 5.75 Å². The Balaban J connectivity index is 1.67. The van der Waals surface area contributed by atoms with Crippen LogP contribution in [0.15, 0.2) is 30.3 Å². The summed E-state index contributed by atoms with van der Waals surface area (Å²) in [5.74, 6) is 0.763. The summed E-state index contributed by atoms with van der Waals surface area (Å²) in [7, 11) is 1.65. The number of nitrogens with zero attached hydrogens (tertiary/aromatic N) is 2. The average molecular weight is 388 g/mol. The molecule has 0 atom stereocenters. The minimum absolute atomic E-state index is 0.0497. The van der Waals surface area contributed by atoms with Crippen molar-refractivity contribution >= 4 is 29.0 Å². The predicted octanol–water partition coefficient (Wildman–Crippen LogP) is 4.63. The zero-order chi connectivity index (χ0) is 19.6. The number of amides is 2. The van der Waals surface area contributed by atoms with Gasteiger partial charge in [-0.2, -0.15) is 0 Å². The summed E-state index contributed by atoms with van der Waals surface area (Å²) >= 11 is 6.21. The van der Waals surface area contributed by atoms with Gasteiger partial charge in [-0.05, 0) is 43.5 Å². The first-order valence-electron chi connectivity index (χ1n) is 9.12. The van der Waals surface area contributed by atoms with Crippen LogP contribution in [0.5, 0.6) is 5.75 Å². The van der Waals surface area contributed by atoms with E-state index in [4.69, 9.17) is 16.3 Å². The van der Waals surface area contributed by atoms with E-state index in [0.717, 1.165) is 46.9 Å². The number of hydrogen-bond donors (Lipinski definition) is 1. The van der Waals surface area contributed by atoms with Crippen LogP contribution in [0.2, 0.25) is 5.02 Å². The summed E-state index contributed by atoms with van der Waals surface area (Å²) in [6, 6.07) is 9.87. The van der Waals surface area contributed by atoms with Gasteiger partial charge in [0.05, 0.1) is 12.8 Å². The van der Waals surface area contributed by atoms with Crippen molar-refractivity contribution in [3.05, 3.63) is 52.0 Å². The normalized spacial score (nSPS) is 14.3. The van der Waals surface area contributed by atoms with Gasteiger partial charge in [-0.15, -0.1) is 0 Å². The van der Waals surface area contributed by atoms with Crippen LogP contribution < -0.4 is 15.0 Å². The van der Waals surface area contributed by atoms with E-state index in [1.165, 1.54) is 0 Å². The first kappa shape index (κ1) is 19.4. The topological polar surface area (TPSA) is 44.8 Å². The Labute approximate surface area is 165 Å². The first-order valence-corrected chi connectivity index (χ1v) is 9.49. The third kappa shape index (κ3) is 4.14. The molecule has 1 saturated heterocycles. The lowest BCUT2D eigenvalue weighted by Gasteiger charge is -2.37. The van der Waals surface area contributed by atoms with Crippen molar-refractivity contribution < 1.29 is 9.53 Å². The molecule has 1 fully saturated rings. The molecule has 0 bridgehead atoms. The highest BCUT2D eigenvalue weighted by Crippen LogP contribution is 2.34. The maximum absolute atomic E-state index is 12.7. The summed E-state index contributed by atoms with van der Waals surface area (Å²) in [6.45, 7) is 8.81. The fraction of sp³-hybridized carbons (Fsp3) is 0.381. The number of urea groups is 1.